The molecule has 0 fully saturated rings. The quantitative estimate of drug-likeness (QED) is 0.746. The van der Waals surface area contributed by atoms with Crippen LogP contribution in [-0.4, -0.2) is 25.5 Å². The van der Waals surface area contributed by atoms with Crippen molar-refractivity contribution in [3.63, 3.8) is 0 Å². The van der Waals surface area contributed by atoms with E-state index >= 15 is 0 Å². The van der Waals surface area contributed by atoms with Gasteiger partial charge in [-0.15, -0.1) is 0 Å². The van der Waals surface area contributed by atoms with Crippen LogP contribution >= 0.6 is 0 Å². The Labute approximate surface area is 117 Å². The van der Waals surface area contributed by atoms with Gasteiger partial charge in [0.05, 0.1) is 11.1 Å². The molecule has 1 nitrogen and oxygen atoms in total. The lowest BCUT2D eigenvalue weighted by molar-refractivity contribution is -0.143. The lowest BCUT2D eigenvalue weighted by atomic mass is 9.98. The first-order chi connectivity index (χ1) is 9.43. The Kier molecular flexibility index (Phi) is 5.25. The van der Waals surface area contributed by atoms with Crippen LogP contribution in [0.4, 0.5) is 30.7 Å². The highest BCUT2D eigenvalue weighted by Crippen LogP contribution is 2.38. The van der Waals surface area contributed by atoms with Gasteiger partial charge in [0, 0.05) is 5.56 Å². The molecule has 0 saturated heterocycles. The summed E-state index contributed by atoms with van der Waals surface area (Å²) in [6.45, 7) is 0.401. The zero-order valence-electron chi connectivity index (χ0n) is 11.4. The van der Waals surface area contributed by atoms with E-state index in [1.807, 2.05) is 0 Å². The molecule has 21 heavy (non-hydrogen) atoms. The van der Waals surface area contributed by atoms with E-state index in [2.05, 4.69) is 0 Å². The highest BCUT2D eigenvalue weighted by molar-refractivity contribution is 5.37. The fourth-order valence-corrected chi connectivity index (χ4v) is 1.88. The Bertz CT molecular complexity index is 489. The maximum absolute atomic E-state index is 13.7. The molecule has 0 aliphatic rings. The zero-order valence-corrected chi connectivity index (χ0v) is 11.4. The van der Waals surface area contributed by atoms with Crippen molar-refractivity contribution in [3.8, 4) is 0 Å². The molecule has 0 bridgehead atoms. The van der Waals surface area contributed by atoms with Gasteiger partial charge in [0.2, 0.25) is 0 Å². The van der Waals surface area contributed by atoms with Crippen molar-refractivity contribution in [1.29, 1.82) is 0 Å². The van der Waals surface area contributed by atoms with Crippen LogP contribution in [0, 0.1) is 5.82 Å². The number of nitrogens with zero attached hydrogens (tertiary/aromatic N) is 1. The fourth-order valence-electron chi connectivity index (χ4n) is 1.88. The molecule has 0 atom stereocenters. The lowest BCUT2D eigenvalue weighted by Crippen LogP contribution is -2.17. The Morgan fingerprint density at radius 1 is 0.952 bits per heavy atom. The molecule has 120 valence electrons. The molecule has 0 aliphatic heterocycles. The molecular formula is C13H14F7N. The maximum atomic E-state index is 13.7. The Balaban J connectivity index is 3.23. The van der Waals surface area contributed by atoms with Crippen LogP contribution in [0.15, 0.2) is 12.1 Å². The summed E-state index contributed by atoms with van der Waals surface area (Å²) < 4.78 is 89.7. The van der Waals surface area contributed by atoms with Crippen LogP contribution in [0.1, 0.15) is 23.1 Å². The maximum Gasteiger partial charge on any atom is 0.416 e. The highest BCUT2D eigenvalue weighted by Gasteiger charge is 2.39. The van der Waals surface area contributed by atoms with Crippen molar-refractivity contribution in [2.75, 3.05) is 20.6 Å². The van der Waals surface area contributed by atoms with Crippen molar-refractivity contribution >= 4 is 0 Å². The van der Waals surface area contributed by atoms with Crippen molar-refractivity contribution in [2.24, 2.45) is 0 Å². The number of alkyl halides is 6. The molecule has 8 heteroatoms. The summed E-state index contributed by atoms with van der Waals surface area (Å²) in [4.78, 5) is 1.69. The van der Waals surface area contributed by atoms with Gasteiger partial charge in [-0.3, -0.25) is 0 Å². The molecule has 0 saturated carbocycles. The van der Waals surface area contributed by atoms with Gasteiger partial charge in [-0.25, -0.2) is 4.39 Å². The third kappa shape index (κ3) is 4.87. The first-order valence-corrected chi connectivity index (χ1v) is 6.04. The molecule has 0 spiro atoms. The molecular weight excluding hydrogens is 303 g/mol. The summed E-state index contributed by atoms with van der Waals surface area (Å²) in [5.41, 5.74) is -3.92. The summed E-state index contributed by atoms with van der Waals surface area (Å²) in [5, 5.41) is 0. The van der Waals surface area contributed by atoms with Crippen LogP contribution in [-0.2, 0) is 18.8 Å². The normalized spacial score (nSPS) is 13.0. The number of benzene rings is 1. The molecule has 1 aromatic rings. The number of rotatable bonds is 4. The third-order valence-electron chi connectivity index (χ3n) is 2.86. The van der Waals surface area contributed by atoms with Crippen LogP contribution in [0.25, 0.3) is 0 Å². The number of hydrogen-bond acceptors (Lipinski definition) is 1. The van der Waals surface area contributed by atoms with Gasteiger partial charge >= 0.3 is 12.4 Å². The molecule has 0 N–H and O–H groups in total. The van der Waals surface area contributed by atoms with Gasteiger partial charge in [-0.05, 0) is 45.6 Å². The summed E-state index contributed by atoms with van der Waals surface area (Å²) in [7, 11) is 3.38. The van der Waals surface area contributed by atoms with E-state index in [1.54, 1.807) is 19.0 Å². The number of halogens is 7. The Morgan fingerprint density at radius 3 is 1.95 bits per heavy atom. The predicted octanol–water partition coefficient (Wildman–Crippen LogP) is 4.36. The molecule has 0 unspecified atom stereocenters. The van der Waals surface area contributed by atoms with Gasteiger partial charge in [0.1, 0.15) is 5.82 Å². The minimum Gasteiger partial charge on any atom is -0.309 e. The van der Waals surface area contributed by atoms with E-state index in [0.717, 1.165) is 0 Å². The van der Waals surface area contributed by atoms with Crippen molar-refractivity contribution in [1.82, 2.24) is 4.90 Å². The fraction of sp³-hybridized carbons (Fsp3) is 0.538. The van der Waals surface area contributed by atoms with Crippen molar-refractivity contribution < 1.29 is 30.7 Å². The molecule has 0 aromatic heterocycles. The van der Waals surface area contributed by atoms with Crippen LogP contribution in [0.2, 0.25) is 0 Å². The van der Waals surface area contributed by atoms with Gasteiger partial charge in [-0.1, -0.05) is 0 Å². The molecule has 0 amide bonds. The Morgan fingerprint density at radius 2 is 1.52 bits per heavy atom. The molecule has 1 rings (SSSR count). The minimum absolute atomic E-state index is 0.0337. The first kappa shape index (κ1) is 17.7. The predicted molar refractivity (Wildman–Crippen MR) is 63.3 cm³/mol. The second-order valence-corrected chi connectivity index (χ2v) is 4.89. The van der Waals surface area contributed by atoms with E-state index in [4.69, 9.17) is 0 Å². The van der Waals surface area contributed by atoms with Gasteiger partial charge in [-0.2, -0.15) is 26.3 Å². The average Bonchev–Trinajstić information content (AvgIpc) is 2.27. The molecule has 0 heterocycles. The van der Waals surface area contributed by atoms with E-state index in [-0.39, 0.29) is 25.0 Å². The summed E-state index contributed by atoms with van der Waals surface area (Å²) in [5.74, 6) is -1.48. The van der Waals surface area contributed by atoms with Crippen LogP contribution in [0.5, 0.6) is 0 Å². The van der Waals surface area contributed by atoms with Gasteiger partial charge in [0.25, 0.3) is 0 Å². The van der Waals surface area contributed by atoms with E-state index in [1.165, 1.54) is 0 Å². The largest absolute Gasteiger partial charge is 0.416 e. The first-order valence-electron chi connectivity index (χ1n) is 6.04. The van der Waals surface area contributed by atoms with Crippen LogP contribution < -0.4 is 0 Å². The van der Waals surface area contributed by atoms with Gasteiger partial charge in [0.15, 0.2) is 0 Å². The van der Waals surface area contributed by atoms with Crippen molar-refractivity contribution in [3.05, 3.63) is 34.6 Å². The van der Waals surface area contributed by atoms with E-state index in [0.29, 0.717) is 6.54 Å². The highest BCUT2D eigenvalue weighted by atomic mass is 19.4. The lowest BCUT2D eigenvalue weighted by Gasteiger charge is -2.17. The van der Waals surface area contributed by atoms with E-state index < -0.39 is 34.9 Å². The number of hydrogen-bond donors (Lipinski definition) is 0. The molecule has 0 radical (unpaired) electrons. The minimum atomic E-state index is -5.03. The van der Waals surface area contributed by atoms with Crippen LogP contribution in [0.3, 0.4) is 0 Å². The summed E-state index contributed by atoms with van der Waals surface area (Å²) in [6, 6.07) is 0.0777. The smallest absolute Gasteiger partial charge is 0.309 e. The second-order valence-electron chi connectivity index (χ2n) is 4.89. The summed E-state index contributed by atoms with van der Waals surface area (Å²) >= 11 is 0. The standard InChI is InChI=1S/C13H14F7N/c1-21(2)5-3-4-9-10(13(18,19)20)6-8(7-11(9)14)12(15,16)17/h6-7H,3-5H2,1-2H3. The molecule has 0 aliphatic carbocycles. The average molecular weight is 317 g/mol. The monoisotopic (exact) mass is 317 g/mol. The zero-order chi connectivity index (χ0) is 16.4. The van der Waals surface area contributed by atoms with E-state index in [9.17, 15) is 30.7 Å². The molecule has 1 aromatic carbocycles. The summed E-state index contributed by atoms with van der Waals surface area (Å²) in [6.07, 6.45) is -10.1. The topological polar surface area (TPSA) is 3.24 Å². The Hall–Kier alpha value is -1.31. The SMILES string of the molecule is CN(C)CCCc1c(F)cc(C(F)(F)F)cc1C(F)(F)F. The second kappa shape index (κ2) is 6.21. The van der Waals surface area contributed by atoms with Gasteiger partial charge < -0.3 is 4.90 Å². The van der Waals surface area contributed by atoms with Crippen molar-refractivity contribution in [2.45, 2.75) is 25.2 Å². The third-order valence-corrected chi connectivity index (χ3v) is 2.86.